The third kappa shape index (κ3) is 4.97. The highest BCUT2D eigenvalue weighted by Gasteiger charge is 2.17. The van der Waals surface area contributed by atoms with Gasteiger partial charge in [-0.2, -0.15) is 0 Å². The van der Waals surface area contributed by atoms with Gasteiger partial charge in [-0.25, -0.2) is 13.1 Å². The van der Waals surface area contributed by atoms with E-state index in [1.54, 1.807) is 6.07 Å². The van der Waals surface area contributed by atoms with Gasteiger partial charge in [0.05, 0.1) is 18.1 Å². The van der Waals surface area contributed by atoms with Crippen molar-refractivity contribution in [2.24, 2.45) is 0 Å². The summed E-state index contributed by atoms with van der Waals surface area (Å²) in [6, 6.07) is 14.4. The summed E-state index contributed by atoms with van der Waals surface area (Å²) in [6.45, 7) is 4.97. The summed E-state index contributed by atoms with van der Waals surface area (Å²) in [5.74, 6) is 0.980. The number of benzene rings is 2. The van der Waals surface area contributed by atoms with Crippen molar-refractivity contribution in [1.82, 2.24) is 4.72 Å². The predicted octanol–water partition coefficient (Wildman–Crippen LogP) is 3.01. The third-order valence-electron chi connectivity index (χ3n) is 3.37. The molecule has 130 valence electrons. The van der Waals surface area contributed by atoms with E-state index >= 15 is 0 Å². The zero-order valence-electron chi connectivity index (χ0n) is 14.0. The Morgan fingerprint density at radius 2 is 1.58 bits per heavy atom. The van der Waals surface area contributed by atoms with Gasteiger partial charge in [-0.15, -0.1) is 0 Å². The number of hydrogen-bond donors (Lipinski definition) is 1. The van der Waals surface area contributed by atoms with Crippen LogP contribution in [0.1, 0.15) is 19.4 Å². The summed E-state index contributed by atoms with van der Waals surface area (Å²) < 4.78 is 38.4. The van der Waals surface area contributed by atoms with E-state index in [2.05, 4.69) is 4.72 Å². The average molecular weight is 349 g/mol. The maximum Gasteiger partial charge on any atom is 0.240 e. The van der Waals surface area contributed by atoms with Crippen LogP contribution in [0.5, 0.6) is 11.5 Å². The second kappa shape index (κ2) is 8.70. The van der Waals surface area contributed by atoms with E-state index in [9.17, 15) is 8.42 Å². The quantitative estimate of drug-likeness (QED) is 0.756. The Morgan fingerprint density at radius 1 is 0.917 bits per heavy atom. The van der Waals surface area contributed by atoms with Crippen molar-refractivity contribution in [1.29, 1.82) is 0 Å². The normalized spacial score (nSPS) is 11.2. The van der Waals surface area contributed by atoms with Crippen LogP contribution in [0, 0.1) is 0 Å². The molecule has 1 N–H and O–H groups in total. The van der Waals surface area contributed by atoms with Crippen molar-refractivity contribution in [3.05, 3.63) is 54.1 Å². The average Bonchev–Trinajstić information content (AvgIpc) is 2.57. The predicted molar refractivity (Wildman–Crippen MR) is 94.1 cm³/mol. The number of rotatable bonds is 9. The molecule has 2 aromatic rings. The van der Waals surface area contributed by atoms with Crippen molar-refractivity contribution in [3.8, 4) is 11.5 Å². The maximum atomic E-state index is 12.4. The SMILES string of the molecule is CCOc1ccc(S(=O)(=O)NCCc2ccccc2)cc1OCC. The molecular formula is C18H23NO4S. The van der Waals surface area contributed by atoms with Crippen LogP contribution in [-0.4, -0.2) is 28.2 Å². The third-order valence-corrected chi connectivity index (χ3v) is 4.83. The lowest BCUT2D eigenvalue weighted by molar-refractivity contribution is 0.287. The van der Waals surface area contributed by atoms with E-state index in [0.29, 0.717) is 37.7 Å². The lowest BCUT2D eigenvalue weighted by Gasteiger charge is -2.13. The minimum absolute atomic E-state index is 0.169. The monoisotopic (exact) mass is 349 g/mol. The Balaban J connectivity index is 2.09. The molecule has 2 aromatic carbocycles. The van der Waals surface area contributed by atoms with Gasteiger partial charge in [0, 0.05) is 12.6 Å². The molecule has 0 aliphatic heterocycles. The molecule has 6 heteroatoms. The largest absolute Gasteiger partial charge is 0.490 e. The molecule has 24 heavy (non-hydrogen) atoms. The first-order valence-corrected chi connectivity index (χ1v) is 9.48. The van der Waals surface area contributed by atoms with Gasteiger partial charge in [-0.1, -0.05) is 30.3 Å². The summed E-state index contributed by atoms with van der Waals surface area (Å²) >= 11 is 0. The van der Waals surface area contributed by atoms with E-state index in [0.717, 1.165) is 5.56 Å². The Kier molecular flexibility index (Phi) is 6.63. The minimum Gasteiger partial charge on any atom is -0.490 e. The molecule has 2 rings (SSSR count). The first-order chi connectivity index (χ1) is 11.6. The van der Waals surface area contributed by atoms with Crippen LogP contribution in [0.4, 0.5) is 0 Å². The number of nitrogens with one attached hydrogen (secondary N) is 1. The molecule has 0 saturated heterocycles. The molecule has 0 aliphatic carbocycles. The zero-order valence-corrected chi connectivity index (χ0v) is 14.8. The summed E-state index contributed by atoms with van der Waals surface area (Å²) in [4.78, 5) is 0.169. The molecule has 0 fully saturated rings. The molecule has 0 heterocycles. The molecule has 5 nitrogen and oxygen atoms in total. The van der Waals surface area contributed by atoms with Gasteiger partial charge >= 0.3 is 0 Å². The van der Waals surface area contributed by atoms with Crippen LogP contribution in [0.3, 0.4) is 0 Å². The summed E-state index contributed by atoms with van der Waals surface area (Å²) in [5.41, 5.74) is 1.09. The number of hydrogen-bond acceptors (Lipinski definition) is 4. The molecule has 0 aromatic heterocycles. The topological polar surface area (TPSA) is 64.6 Å². The van der Waals surface area contributed by atoms with Gasteiger partial charge in [0.1, 0.15) is 0 Å². The van der Waals surface area contributed by atoms with E-state index in [-0.39, 0.29) is 4.90 Å². The van der Waals surface area contributed by atoms with E-state index in [1.165, 1.54) is 12.1 Å². The van der Waals surface area contributed by atoms with Crippen molar-refractivity contribution >= 4 is 10.0 Å². The van der Waals surface area contributed by atoms with Gasteiger partial charge in [-0.3, -0.25) is 0 Å². The van der Waals surface area contributed by atoms with Crippen molar-refractivity contribution in [2.75, 3.05) is 19.8 Å². The van der Waals surface area contributed by atoms with E-state index < -0.39 is 10.0 Å². The van der Waals surface area contributed by atoms with Gasteiger partial charge in [0.25, 0.3) is 0 Å². The molecule has 0 amide bonds. The van der Waals surface area contributed by atoms with E-state index in [1.807, 2.05) is 44.2 Å². The summed E-state index contributed by atoms with van der Waals surface area (Å²) in [5, 5.41) is 0. The second-order valence-electron chi connectivity index (χ2n) is 5.11. The lowest BCUT2D eigenvalue weighted by atomic mass is 10.2. The fraction of sp³-hybridized carbons (Fsp3) is 0.333. The molecule has 0 bridgehead atoms. The van der Waals surface area contributed by atoms with Crippen LogP contribution in [0.15, 0.2) is 53.4 Å². The molecule has 0 spiro atoms. The fourth-order valence-electron chi connectivity index (χ4n) is 2.26. The van der Waals surface area contributed by atoms with Crippen molar-refractivity contribution in [3.63, 3.8) is 0 Å². The highest BCUT2D eigenvalue weighted by molar-refractivity contribution is 7.89. The maximum absolute atomic E-state index is 12.4. The first-order valence-electron chi connectivity index (χ1n) is 8.00. The van der Waals surface area contributed by atoms with E-state index in [4.69, 9.17) is 9.47 Å². The summed E-state index contributed by atoms with van der Waals surface area (Å²) in [7, 11) is -3.59. The van der Waals surface area contributed by atoms with Crippen LogP contribution in [-0.2, 0) is 16.4 Å². The van der Waals surface area contributed by atoms with Gasteiger partial charge < -0.3 is 9.47 Å². The standard InChI is InChI=1S/C18H23NO4S/c1-3-22-17-11-10-16(14-18(17)23-4-2)24(20,21)19-13-12-15-8-6-5-7-9-15/h5-11,14,19H,3-4,12-13H2,1-2H3. The minimum atomic E-state index is -3.59. The van der Waals surface area contributed by atoms with Gasteiger partial charge in [0.2, 0.25) is 10.0 Å². The van der Waals surface area contributed by atoms with Crippen molar-refractivity contribution in [2.45, 2.75) is 25.2 Å². The zero-order chi connectivity index (χ0) is 17.4. The molecule has 0 atom stereocenters. The molecule has 0 unspecified atom stereocenters. The lowest BCUT2D eigenvalue weighted by Crippen LogP contribution is -2.26. The highest BCUT2D eigenvalue weighted by Crippen LogP contribution is 2.30. The smallest absolute Gasteiger partial charge is 0.240 e. The van der Waals surface area contributed by atoms with Gasteiger partial charge in [0.15, 0.2) is 11.5 Å². The summed E-state index contributed by atoms with van der Waals surface area (Å²) in [6.07, 6.45) is 0.634. The number of sulfonamides is 1. The first kappa shape index (κ1) is 18.3. The number of ether oxygens (including phenoxy) is 2. The Hall–Kier alpha value is -2.05. The molecular weight excluding hydrogens is 326 g/mol. The molecule has 0 saturated carbocycles. The Bertz CT molecular complexity index is 745. The van der Waals surface area contributed by atoms with Crippen LogP contribution in [0.25, 0.3) is 0 Å². The molecule has 0 radical (unpaired) electrons. The second-order valence-corrected chi connectivity index (χ2v) is 6.87. The highest BCUT2D eigenvalue weighted by atomic mass is 32.2. The Labute approximate surface area is 143 Å². The van der Waals surface area contributed by atoms with Crippen molar-refractivity contribution < 1.29 is 17.9 Å². The van der Waals surface area contributed by atoms with Crippen LogP contribution >= 0.6 is 0 Å². The van der Waals surface area contributed by atoms with Gasteiger partial charge in [-0.05, 0) is 38.0 Å². The van der Waals surface area contributed by atoms with Crippen LogP contribution < -0.4 is 14.2 Å². The fourth-order valence-corrected chi connectivity index (χ4v) is 3.30. The Morgan fingerprint density at radius 3 is 2.25 bits per heavy atom. The van der Waals surface area contributed by atoms with Crippen LogP contribution in [0.2, 0.25) is 0 Å². The molecule has 0 aliphatic rings.